The minimum atomic E-state index is -1.33. The van der Waals surface area contributed by atoms with Gasteiger partial charge in [-0.1, -0.05) is 12.1 Å². The summed E-state index contributed by atoms with van der Waals surface area (Å²) >= 11 is 0. The van der Waals surface area contributed by atoms with E-state index in [4.69, 9.17) is 9.07 Å². The van der Waals surface area contributed by atoms with Crippen molar-refractivity contribution in [2.75, 3.05) is 0 Å². The van der Waals surface area contributed by atoms with Crippen molar-refractivity contribution in [2.24, 2.45) is 0 Å². The Balaban J connectivity index is 2.22. The van der Waals surface area contributed by atoms with Gasteiger partial charge in [0.05, 0.1) is 11.2 Å². The maximum absolute atomic E-state index is 10.0. The molecule has 0 saturated heterocycles. The first-order valence-corrected chi connectivity index (χ1v) is 6.14. The van der Waals surface area contributed by atoms with E-state index in [1.54, 1.807) is 39.8 Å². The highest BCUT2D eigenvalue weighted by molar-refractivity contribution is 6.57. The van der Waals surface area contributed by atoms with Crippen molar-refractivity contribution in [3.8, 4) is 0 Å². The molecule has 5 nitrogen and oxygen atoms in total. The number of benzene rings is 1. The highest BCUT2D eigenvalue weighted by atomic mass is 16.6. The van der Waals surface area contributed by atoms with Crippen LogP contribution >= 0.6 is 0 Å². The molecule has 0 saturated carbocycles. The molecule has 0 amide bonds. The molecule has 0 radical (unpaired) electrons. The van der Waals surface area contributed by atoms with Crippen molar-refractivity contribution in [3.05, 3.63) is 24.3 Å². The SMILES string of the molecule is CC(C)(O)C(C)(C)OB(O)c1nc2ccccc2o1. The Kier molecular flexibility index (Phi) is 3.42. The molecule has 0 aliphatic carbocycles. The average Bonchev–Trinajstić information content (AvgIpc) is 2.70. The van der Waals surface area contributed by atoms with E-state index in [1.165, 1.54) is 0 Å². The second kappa shape index (κ2) is 4.63. The molecule has 1 aromatic carbocycles. The topological polar surface area (TPSA) is 75.7 Å². The van der Waals surface area contributed by atoms with Gasteiger partial charge in [0, 0.05) is 0 Å². The maximum atomic E-state index is 10.0. The Hall–Kier alpha value is -1.37. The molecule has 0 bridgehead atoms. The lowest BCUT2D eigenvalue weighted by Crippen LogP contribution is -2.53. The van der Waals surface area contributed by atoms with E-state index < -0.39 is 18.3 Å². The molecule has 0 unspecified atom stereocenters. The van der Waals surface area contributed by atoms with Gasteiger partial charge >= 0.3 is 7.12 Å². The highest BCUT2D eigenvalue weighted by Crippen LogP contribution is 2.25. The largest absolute Gasteiger partial charge is 0.551 e. The standard InChI is InChI=1S/C13H18BNO4/c1-12(2,16)13(3,4)19-14(17)11-15-9-7-5-6-8-10(9)18-11/h5-8,16-17H,1-4H3. The van der Waals surface area contributed by atoms with Gasteiger partial charge in [0.25, 0.3) is 0 Å². The van der Waals surface area contributed by atoms with Gasteiger partial charge in [0.2, 0.25) is 5.79 Å². The predicted octanol–water partition coefficient (Wildman–Crippen LogP) is 1.08. The lowest BCUT2D eigenvalue weighted by Gasteiger charge is -2.37. The molecule has 0 fully saturated rings. The van der Waals surface area contributed by atoms with Gasteiger partial charge in [-0.15, -0.1) is 0 Å². The van der Waals surface area contributed by atoms with Crippen LogP contribution in [0.15, 0.2) is 28.7 Å². The van der Waals surface area contributed by atoms with Gasteiger partial charge in [-0.05, 0) is 39.8 Å². The quantitative estimate of drug-likeness (QED) is 0.807. The Bertz CT molecular complexity index is 540. The third-order valence-corrected chi connectivity index (χ3v) is 3.40. The second-order valence-electron chi connectivity index (χ2n) is 5.56. The Labute approximate surface area is 112 Å². The third-order valence-electron chi connectivity index (χ3n) is 3.40. The summed E-state index contributed by atoms with van der Waals surface area (Å²) in [5, 5.41) is 20.0. The smallest absolute Gasteiger partial charge is 0.444 e. The number of aliphatic hydroxyl groups is 1. The Morgan fingerprint density at radius 1 is 1.21 bits per heavy atom. The number of nitrogens with zero attached hydrogens (tertiary/aromatic N) is 1. The van der Waals surface area contributed by atoms with Gasteiger partial charge in [0.15, 0.2) is 5.58 Å². The zero-order valence-corrected chi connectivity index (χ0v) is 11.5. The molecule has 102 valence electrons. The Morgan fingerprint density at radius 2 is 1.84 bits per heavy atom. The number of fused-ring (bicyclic) bond motifs is 1. The second-order valence-corrected chi connectivity index (χ2v) is 5.56. The summed E-state index contributed by atoms with van der Waals surface area (Å²) in [7, 11) is -1.33. The molecule has 0 spiro atoms. The number of oxazole rings is 1. The molecular weight excluding hydrogens is 245 g/mol. The van der Waals surface area contributed by atoms with Crippen LogP contribution in [0.25, 0.3) is 11.1 Å². The first kappa shape index (κ1) is 14.1. The fourth-order valence-electron chi connectivity index (χ4n) is 1.47. The average molecular weight is 263 g/mol. The summed E-state index contributed by atoms with van der Waals surface area (Å²) in [4.78, 5) is 4.16. The number of hydrogen-bond acceptors (Lipinski definition) is 5. The van der Waals surface area contributed by atoms with Gasteiger partial charge < -0.3 is 19.2 Å². The first-order chi connectivity index (χ1) is 8.71. The van der Waals surface area contributed by atoms with Crippen LogP contribution in [0.4, 0.5) is 0 Å². The molecule has 2 rings (SSSR count). The van der Waals surface area contributed by atoms with Crippen LogP contribution < -0.4 is 5.79 Å². The molecule has 6 heteroatoms. The first-order valence-electron chi connectivity index (χ1n) is 6.14. The summed E-state index contributed by atoms with van der Waals surface area (Å²) in [6, 6.07) is 7.21. The normalized spacial score (nSPS) is 12.9. The van der Waals surface area contributed by atoms with Crippen LogP contribution in [0.2, 0.25) is 0 Å². The van der Waals surface area contributed by atoms with Crippen LogP contribution in [0.1, 0.15) is 27.7 Å². The number of rotatable bonds is 4. The van der Waals surface area contributed by atoms with E-state index in [9.17, 15) is 10.1 Å². The van der Waals surface area contributed by atoms with Gasteiger partial charge in [-0.25, -0.2) is 4.98 Å². The summed E-state index contributed by atoms with van der Waals surface area (Å²) in [6.07, 6.45) is 0. The number of aromatic nitrogens is 1. The van der Waals surface area contributed by atoms with Crippen molar-refractivity contribution in [1.82, 2.24) is 4.98 Å². The van der Waals surface area contributed by atoms with Crippen molar-refractivity contribution in [3.63, 3.8) is 0 Å². The lowest BCUT2D eigenvalue weighted by atomic mass is 9.83. The van der Waals surface area contributed by atoms with Crippen LogP contribution in [-0.4, -0.2) is 33.4 Å². The molecular formula is C13H18BNO4. The lowest BCUT2D eigenvalue weighted by molar-refractivity contribution is -0.0987. The van der Waals surface area contributed by atoms with Gasteiger partial charge in [0.1, 0.15) is 5.52 Å². The van der Waals surface area contributed by atoms with Crippen LogP contribution in [0, 0.1) is 0 Å². The molecule has 19 heavy (non-hydrogen) atoms. The summed E-state index contributed by atoms with van der Waals surface area (Å²) in [6.45, 7) is 6.62. The van der Waals surface area contributed by atoms with Gasteiger partial charge in [-0.3, -0.25) is 0 Å². The van der Waals surface area contributed by atoms with E-state index >= 15 is 0 Å². The zero-order chi connectivity index (χ0) is 14.3. The van der Waals surface area contributed by atoms with Crippen molar-refractivity contribution in [2.45, 2.75) is 38.9 Å². The van der Waals surface area contributed by atoms with Crippen molar-refractivity contribution < 1.29 is 19.2 Å². The molecule has 1 heterocycles. The van der Waals surface area contributed by atoms with E-state index in [0.717, 1.165) is 0 Å². The fraction of sp³-hybridized carbons (Fsp3) is 0.462. The molecule has 2 N–H and O–H groups in total. The summed E-state index contributed by atoms with van der Waals surface area (Å²) in [5.41, 5.74) is -0.824. The van der Waals surface area contributed by atoms with E-state index in [2.05, 4.69) is 4.98 Å². The highest BCUT2D eigenvalue weighted by Gasteiger charge is 2.41. The van der Waals surface area contributed by atoms with Gasteiger partial charge in [-0.2, -0.15) is 0 Å². The zero-order valence-electron chi connectivity index (χ0n) is 11.5. The van der Waals surface area contributed by atoms with Crippen LogP contribution in [-0.2, 0) is 4.65 Å². The number of para-hydroxylation sites is 2. The van der Waals surface area contributed by atoms with Crippen LogP contribution in [0.5, 0.6) is 0 Å². The van der Waals surface area contributed by atoms with E-state index in [-0.39, 0.29) is 5.79 Å². The minimum Gasteiger partial charge on any atom is -0.444 e. The van der Waals surface area contributed by atoms with Crippen molar-refractivity contribution >= 4 is 24.0 Å². The molecule has 2 aromatic rings. The number of hydrogen-bond donors (Lipinski definition) is 2. The maximum Gasteiger partial charge on any atom is 0.551 e. The minimum absolute atomic E-state index is 0.0820. The Morgan fingerprint density at radius 3 is 2.42 bits per heavy atom. The fourth-order valence-corrected chi connectivity index (χ4v) is 1.47. The monoisotopic (exact) mass is 263 g/mol. The molecule has 0 aliphatic rings. The van der Waals surface area contributed by atoms with E-state index in [0.29, 0.717) is 11.1 Å². The molecule has 1 aromatic heterocycles. The van der Waals surface area contributed by atoms with Crippen molar-refractivity contribution in [1.29, 1.82) is 0 Å². The summed E-state index contributed by atoms with van der Waals surface area (Å²) in [5.74, 6) is 0.0820. The van der Waals surface area contributed by atoms with E-state index in [1.807, 2.05) is 12.1 Å². The summed E-state index contributed by atoms with van der Waals surface area (Å²) < 4.78 is 10.9. The third kappa shape index (κ3) is 2.81. The molecule has 0 aliphatic heterocycles. The molecule has 0 atom stereocenters. The predicted molar refractivity (Wildman–Crippen MR) is 73.1 cm³/mol. The van der Waals surface area contributed by atoms with Crippen LogP contribution in [0.3, 0.4) is 0 Å².